The monoisotopic (exact) mass is 320 g/mol. The number of ether oxygens (including phenoxy) is 2. The number of methoxy groups -OCH3 is 1. The summed E-state index contributed by atoms with van der Waals surface area (Å²) in [6, 6.07) is 7.49. The molecule has 0 bridgehead atoms. The third-order valence-corrected chi connectivity index (χ3v) is 2.84. The molecule has 5 nitrogen and oxygen atoms in total. The first-order valence-corrected chi connectivity index (χ1v) is 5.34. The summed E-state index contributed by atoms with van der Waals surface area (Å²) in [7, 11) is 1.46. The van der Waals surface area contributed by atoms with Crippen LogP contribution in [0.15, 0.2) is 24.3 Å². The van der Waals surface area contributed by atoms with Gasteiger partial charge < -0.3 is 9.47 Å². The van der Waals surface area contributed by atoms with Crippen molar-refractivity contribution in [1.82, 2.24) is 5.43 Å². The van der Waals surface area contributed by atoms with Gasteiger partial charge in [-0.1, -0.05) is 12.1 Å². The molecule has 1 saturated heterocycles. The van der Waals surface area contributed by atoms with Crippen molar-refractivity contribution >= 4 is 34.4 Å². The highest BCUT2D eigenvalue weighted by atomic mass is 127. The summed E-state index contributed by atoms with van der Waals surface area (Å²) >= 11 is 2.15. The second-order valence-electron chi connectivity index (χ2n) is 2.87. The number of carbonyl (C=O) groups is 1. The number of cyclic esters (lactones) is 1. The lowest BCUT2D eigenvalue weighted by molar-refractivity contribution is -0.0722. The summed E-state index contributed by atoms with van der Waals surface area (Å²) in [5.74, 6) is 0. The van der Waals surface area contributed by atoms with Gasteiger partial charge >= 0.3 is 6.09 Å². The third-order valence-electron chi connectivity index (χ3n) is 1.93. The number of hydrogen-bond acceptors (Lipinski definition) is 4. The predicted molar refractivity (Wildman–Crippen MR) is 62.1 cm³/mol. The maximum Gasteiger partial charge on any atom is 0.432 e. The van der Waals surface area contributed by atoms with Crippen molar-refractivity contribution in [3.8, 4) is 0 Å². The predicted octanol–water partition coefficient (Wildman–Crippen LogP) is 1.68. The highest BCUT2D eigenvalue weighted by Gasteiger charge is 2.32. The molecule has 2 rings (SSSR count). The molecule has 1 aliphatic heterocycles. The van der Waals surface area contributed by atoms with Crippen molar-refractivity contribution in [2.24, 2.45) is 0 Å². The van der Waals surface area contributed by atoms with E-state index in [-0.39, 0.29) is 0 Å². The molecule has 1 heterocycles. The van der Waals surface area contributed by atoms with Gasteiger partial charge in [0.15, 0.2) is 0 Å². The van der Waals surface area contributed by atoms with Gasteiger partial charge in [-0.25, -0.2) is 9.80 Å². The molecule has 15 heavy (non-hydrogen) atoms. The van der Waals surface area contributed by atoms with Gasteiger partial charge in [-0.15, -0.1) is 0 Å². The molecule has 0 radical (unpaired) electrons. The van der Waals surface area contributed by atoms with Crippen LogP contribution in [-0.4, -0.2) is 19.6 Å². The van der Waals surface area contributed by atoms with E-state index < -0.39 is 12.5 Å². The molecule has 80 valence electrons. The number of hydrazine groups is 1. The average Bonchev–Trinajstić information content (AvgIpc) is 2.60. The number of halogens is 1. The van der Waals surface area contributed by atoms with Crippen LogP contribution in [0.25, 0.3) is 0 Å². The van der Waals surface area contributed by atoms with E-state index in [0.29, 0.717) is 0 Å². The topological polar surface area (TPSA) is 50.8 Å². The van der Waals surface area contributed by atoms with Crippen molar-refractivity contribution in [3.63, 3.8) is 0 Å². The summed E-state index contributed by atoms with van der Waals surface area (Å²) in [6.07, 6.45) is -1.18. The fraction of sp³-hybridized carbons (Fsp3) is 0.222. The summed E-state index contributed by atoms with van der Waals surface area (Å²) in [5.41, 5.74) is 3.53. The largest absolute Gasteiger partial charge is 0.432 e. The Kier molecular flexibility index (Phi) is 3.08. The van der Waals surface area contributed by atoms with Crippen LogP contribution in [0.2, 0.25) is 0 Å². The Hall–Kier alpha value is -0.860. The van der Waals surface area contributed by atoms with Gasteiger partial charge in [-0.05, 0) is 34.7 Å². The minimum atomic E-state index is -0.714. The van der Waals surface area contributed by atoms with Crippen LogP contribution >= 0.6 is 22.6 Å². The number of para-hydroxylation sites is 1. The van der Waals surface area contributed by atoms with E-state index in [4.69, 9.17) is 9.47 Å². The van der Waals surface area contributed by atoms with E-state index in [1.165, 1.54) is 12.1 Å². The van der Waals surface area contributed by atoms with Crippen LogP contribution in [0, 0.1) is 3.57 Å². The first-order chi connectivity index (χ1) is 7.22. The molecule has 1 aromatic carbocycles. The van der Waals surface area contributed by atoms with Crippen LogP contribution in [0.1, 0.15) is 0 Å². The Labute approximate surface area is 100 Å². The van der Waals surface area contributed by atoms with Crippen molar-refractivity contribution in [2.45, 2.75) is 6.41 Å². The molecule has 1 unspecified atom stereocenters. The van der Waals surface area contributed by atoms with Crippen molar-refractivity contribution < 1.29 is 14.3 Å². The maximum absolute atomic E-state index is 11.5. The maximum atomic E-state index is 11.5. The Morgan fingerprint density at radius 2 is 2.27 bits per heavy atom. The first kappa shape index (κ1) is 10.7. The molecule has 1 aliphatic rings. The van der Waals surface area contributed by atoms with E-state index in [2.05, 4.69) is 28.0 Å². The summed E-state index contributed by atoms with van der Waals surface area (Å²) < 4.78 is 10.7. The fourth-order valence-corrected chi connectivity index (χ4v) is 1.86. The highest BCUT2D eigenvalue weighted by Crippen LogP contribution is 2.24. The molecule has 1 atom stereocenters. The van der Waals surface area contributed by atoms with Gasteiger partial charge in [-0.3, -0.25) is 0 Å². The number of carbonyl (C=O) groups excluding carboxylic acids is 1. The lowest BCUT2D eigenvalue weighted by Gasteiger charge is -2.14. The third kappa shape index (κ3) is 2.06. The number of hydrogen-bond donors (Lipinski definition) is 1. The van der Waals surface area contributed by atoms with Gasteiger partial charge in [0, 0.05) is 10.7 Å². The molecule has 0 spiro atoms. The second-order valence-corrected chi connectivity index (χ2v) is 4.03. The van der Waals surface area contributed by atoms with E-state index >= 15 is 0 Å². The van der Waals surface area contributed by atoms with Gasteiger partial charge in [0.05, 0.1) is 5.69 Å². The van der Waals surface area contributed by atoms with Crippen LogP contribution < -0.4 is 10.4 Å². The van der Waals surface area contributed by atoms with Crippen LogP contribution in [-0.2, 0) is 9.47 Å². The lowest BCUT2D eigenvalue weighted by Crippen LogP contribution is -2.38. The van der Waals surface area contributed by atoms with Crippen LogP contribution in [0.3, 0.4) is 0 Å². The standard InChI is InChI=1S/C9H9IN2O3/c1-14-8-11-12(9(13)15-8)7-5-3-2-4-6(7)10/h2-5,8,11H,1H3. The number of nitrogens with zero attached hydrogens (tertiary/aromatic N) is 1. The average molecular weight is 320 g/mol. The number of amides is 1. The molecule has 1 aromatic rings. The number of benzene rings is 1. The Balaban J connectivity index is 2.25. The quantitative estimate of drug-likeness (QED) is 0.843. The highest BCUT2D eigenvalue weighted by molar-refractivity contribution is 14.1. The van der Waals surface area contributed by atoms with Gasteiger partial charge in [0.2, 0.25) is 0 Å². The zero-order valence-corrected chi connectivity index (χ0v) is 10.1. The Morgan fingerprint density at radius 3 is 2.87 bits per heavy atom. The fourth-order valence-electron chi connectivity index (χ4n) is 1.23. The number of anilines is 1. The van der Waals surface area contributed by atoms with E-state index in [1.807, 2.05) is 24.3 Å². The first-order valence-electron chi connectivity index (χ1n) is 4.26. The molecular formula is C9H9IN2O3. The molecule has 1 N–H and O–H groups in total. The Bertz CT molecular complexity index is 385. The minimum absolute atomic E-state index is 0.467. The second kappa shape index (κ2) is 4.33. The van der Waals surface area contributed by atoms with Crippen molar-refractivity contribution in [1.29, 1.82) is 0 Å². The molecular weight excluding hydrogens is 311 g/mol. The molecule has 0 aromatic heterocycles. The van der Waals surface area contributed by atoms with Gasteiger partial charge in [-0.2, -0.15) is 5.43 Å². The van der Waals surface area contributed by atoms with E-state index in [9.17, 15) is 4.79 Å². The van der Waals surface area contributed by atoms with E-state index in [1.54, 1.807) is 0 Å². The summed E-state index contributed by atoms with van der Waals surface area (Å²) in [4.78, 5) is 11.5. The smallest absolute Gasteiger partial charge is 0.402 e. The number of rotatable bonds is 2. The molecule has 1 amide bonds. The molecule has 0 aliphatic carbocycles. The van der Waals surface area contributed by atoms with Crippen LogP contribution in [0.4, 0.5) is 10.5 Å². The molecule has 6 heteroatoms. The molecule has 0 saturated carbocycles. The number of nitrogens with one attached hydrogen (secondary N) is 1. The summed E-state index contributed by atoms with van der Waals surface area (Å²) in [5, 5.41) is 1.33. The van der Waals surface area contributed by atoms with Gasteiger partial charge in [0.1, 0.15) is 0 Å². The minimum Gasteiger partial charge on any atom is -0.402 e. The van der Waals surface area contributed by atoms with Crippen molar-refractivity contribution in [2.75, 3.05) is 12.1 Å². The zero-order chi connectivity index (χ0) is 10.8. The SMILES string of the molecule is COC1NN(c2ccccc2I)C(=O)O1. The van der Waals surface area contributed by atoms with E-state index in [0.717, 1.165) is 9.26 Å². The lowest BCUT2D eigenvalue weighted by atomic mass is 10.3. The van der Waals surface area contributed by atoms with Gasteiger partial charge in [0.25, 0.3) is 6.41 Å². The molecule has 1 fully saturated rings. The Morgan fingerprint density at radius 1 is 1.53 bits per heavy atom. The van der Waals surface area contributed by atoms with Crippen LogP contribution in [0.5, 0.6) is 0 Å². The summed E-state index contributed by atoms with van der Waals surface area (Å²) in [6.45, 7) is 0. The normalized spacial score (nSPS) is 20.5. The van der Waals surface area contributed by atoms with Crippen molar-refractivity contribution in [3.05, 3.63) is 27.8 Å². The zero-order valence-electron chi connectivity index (χ0n) is 7.94.